The Balaban J connectivity index is 0.000000861. The fourth-order valence-electron chi connectivity index (χ4n) is 2.98. The third-order valence-electron chi connectivity index (χ3n) is 3.95. The number of benzene rings is 1. The van der Waals surface area contributed by atoms with E-state index >= 15 is 0 Å². The molecule has 2 nitrogen and oxygen atoms in total. The van der Waals surface area contributed by atoms with Crippen LogP contribution in [-0.2, 0) is 5.41 Å². The van der Waals surface area contributed by atoms with E-state index in [-0.39, 0.29) is 0 Å². The van der Waals surface area contributed by atoms with E-state index in [2.05, 4.69) is 61.3 Å². The molecule has 2 rings (SSSR count). The van der Waals surface area contributed by atoms with Crippen molar-refractivity contribution in [1.82, 2.24) is 9.80 Å². The minimum absolute atomic E-state index is 0.358. The van der Waals surface area contributed by atoms with E-state index in [1.165, 1.54) is 31.5 Å². The summed E-state index contributed by atoms with van der Waals surface area (Å²) in [6.45, 7) is 7.58. The van der Waals surface area contributed by atoms with Gasteiger partial charge in [0.2, 0.25) is 0 Å². The lowest BCUT2D eigenvalue weighted by molar-refractivity contribution is 0.154. The van der Waals surface area contributed by atoms with E-state index in [4.69, 9.17) is 0 Å². The molecule has 0 amide bonds. The van der Waals surface area contributed by atoms with Crippen LogP contribution in [0.15, 0.2) is 30.3 Å². The maximum Gasteiger partial charge on any atom is 0.0104 e. The monoisotopic (exact) mass is 262 g/mol. The SMILES string of the molecule is CC.CN(C)CC1(c2ccccc2)CCN(C)CC1. The van der Waals surface area contributed by atoms with Gasteiger partial charge in [-0.25, -0.2) is 0 Å². The summed E-state index contributed by atoms with van der Waals surface area (Å²) in [5, 5.41) is 0. The molecule has 0 N–H and O–H groups in total. The standard InChI is InChI=1S/C15H24N2.C2H6/c1-16(2)13-15(9-11-17(3)12-10-15)14-7-5-4-6-8-14;1-2/h4-8H,9-13H2,1-3H3;1-2H3. The van der Waals surface area contributed by atoms with Crippen LogP contribution in [0.2, 0.25) is 0 Å². The minimum atomic E-state index is 0.358. The maximum absolute atomic E-state index is 2.44. The molecule has 0 bridgehead atoms. The summed E-state index contributed by atoms with van der Waals surface area (Å²) in [4.78, 5) is 4.77. The summed E-state index contributed by atoms with van der Waals surface area (Å²) in [7, 11) is 6.59. The van der Waals surface area contributed by atoms with Gasteiger partial charge in [-0.05, 0) is 52.6 Å². The zero-order chi connectivity index (χ0) is 14.3. The number of hydrogen-bond acceptors (Lipinski definition) is 2. The highest BCUT2D eigenvalue weighted by molar-refractivity contribution is 5.27. The van der Waals surface area contributed by atoms with Gasteiger partial charge in [-0.2, -0.15) is 0 Å². The first-order chi connectivity index (χ1) is 9.12. The van der Waals surface area contributed by atoms with Gasteiger partial charge < -0.3 is 9.80 Å². The van der Waals surface area contributed by atoms with Crippen molar-refractivity contribution in [1.29, 1.82) is 0 Å². The second kappa shape index (κ2) is 7.66. The number of nitrogens with zero attached hydrogens (tertiary/aromatic N) is 2. The van der Waals surface area contributed by atoms with Crippen molar-refractivity contribution < 1.29 is 0 Å². The molecular formula is C17H30N2. The van der Waals surface area contributed by atoms with Crippen molar-refractivity contribution in [3.63, 3.8) is 0 Å². The third-order valence-corrected chi connectivity index (χ3v) is 3.95. The van der Waals surface area contributed by atoms with Gasteiger partial charge in [-0.15, -0.1) is 0 Å². The normalized spacial score (nSPS) is 18.8. The van der Waals surface area contributed by atoms with Crippen LogP contribution in [0.1, 0.15) is 32.3 Å². The van der Waals surface area contributed by atoms with Crippen LogP contribution in [0, 0.1) is 0 Å². The Kier molecular flexibility index (Phi) is 6.53. The van der Waals surface area contributed by atoms with Gasteiger partial charge in [0.15, 0.2) is 0 Å². The lowest BCUT2D eigenvalue weighted by Gasteiger charge is -2.42. The molecule has 0 unspecified atom stereocenters. The molecule has 0 atom stereocenters. The van der Waals surface area contributed by atoms with Crippen LogP contribution in [0.4, 0.5) is 0 Å². The molecule has 1 aliphatic rings. The molecule has 0 saturated carbocycles. The Morgan fingerprint density at radius 1 is 1.05 bits per heavy atom. The molecule has 1 saturated heterocycles. The zero-order valence-corrected chi connectivity index (χ0v) is 13.3. The van der Waals surface area contributed by atoms with E-state index in [1.54, 1.807) is 0 Å². The van der Waals surface area contributed by atoms with Gasteiger partial charge in [-0.1, -0.05) is 44.2 Å². The second-order valence-corrected chi connectivity index (χ2v) is 5.69. The predicted octanol–water partition coefficient (Wildman–Crippen LogP) is 3.24. The van der Waals surface area contributed by atoms with E-state index < -0.39 is 0 Å². The molecule has 0 aromatic heterocycles. The fourth-order valence-corrected chi connectivity index (χ4v) is 2.98. The average Bonchev–Trinajstić information content (AvgIpc) is 2.44. The molecule has 19 heavy (non-hydrogen) atoms. The summed E-state index contributed by atoms with van der Waals surface area (Å²) < 4.78 is 0. The maximum atomic E-state index is 2.44. The highest BCUT2D eigenvalue weighted by atomic mass is 15.1. The van der Waals surface area contributed by atoms with Gasteiger partial charge in [0.05, 0.1) is 0 Å². The van der Waals surface area contributed by atoms with Crippen LogP contribution < -0.4 is 0 Å². The number of piperidine rings is 1. The topological polar surface area (TPSA) is 6.48 Å². The Morgan fingerprint density at radius 3 is 2.05 bits per heavy atom. The van der Waals surface area contributed by atoms with Gasteiger partial charge in [0.25, 0.3) is 0 Å². The van der Waals surface area contributed by atoms with Crippen molar-refractivity contribution in [3.05, 3.63) is 35.9 Å². The Morgan fingerprint density at radius 2 is 1.58 bits per heavy atom. The summed E-state index contributed by atoms with van der Waals surface area (Å²) in [5.74, 6) is 0. The molecule has 1 fully saturated rings. The summed E-state index contributed by atoms with van der Waals surface area (Å²) >= 11 is 0. The van der Waals surface area contributed by atoms with E-state index in [1.807, 2.05) is 13.8 Å². The van der Waals surface area contributed by atoms with Crippen molar-refractivity contribution in [3.8, 4) is 0 Å². The first-order valence-electron chi connectivity index (χ1n) is 7.51. The number of hydrogen-bond donors (Lipinski definition) is 0. The number of likely N-dealkylation sites (tertiary alicyclic amines) is 1. The number of rotatable bonds is 3. The predicted molar refractivity (Wildman–Crippen MR) is 84.8 cm³/mol. The molecule has 108 valence electrons. The highest BCUT2D eigenvalue weighted by Gasteiger charge is 2.35. The second-order valence-electron chi connectivity index (χ2n) is 5.69. The van der Waals surface area contributed by atoms with Gasteiger partial charge >= 0.3 is 0 Å². The molecule has 1 aliphatic heterocycles. The Hall–Kier alpha value is -0.860. The molecule has 1 aromatic carbocycles. The minimum Gasteiger partial charge on any atom is -0.309 e. The third kappa shape index (κ3) is 4.32. The zero-order valence-electron chi connectivity index (χ0n) is 13.3. The molecule has 1 heterocycles. The Bertz CT molecular complexity index is 338. The average molecular weight is 262 g/mol. The van der Waals surface area contributed by atoms with Crippen LogP contribution in [0.25, 0.3) is 0 Å². The molecule has 0 aliphatic carbocycles. The van der Waals surface area contributed by atoms with E-state index in [9.17, 15) is 0 Å². The fraction of sp³-hybridized carbons (Fsp3) is 0.647. The number of likely N-dealkylation sites (N-methyl/N-ethyl adjacent to an activating group) is 1. The van der Waals surface area contributed by atoms with Crippen LogP contribution in [0.3, 0.4) is 0 Å². The largest absolute Gasteiger partial charge is 0.309 e. The van der Waals surface area contributed by atoms with Crippen molar-refractivity contribution in [2.24, 2.45) is 0 Å². The van der Waals surface area contributed by atoms with Crippen molar-refractivity contribution in [2.45, 2.75) is 32.1 Å². The van der Waals surface area contributed by atoms with E-state index in [0.29, 0.717) is 5.41 Å². The molecule has 0 radical (unpaired) electrons. The summed E-state index contributed by atoms with van der Waals surface area (Å²) in [6.07, 6.45) is 2.54. The van der Waals surface area contributed by atoms with Crippen molar-refractivity contribution >= 4 is 0 Å². The first kappa shape index (κ1) is 16.2. The van der Waals surface area contributed by atoms with Gasteiger partial charge in [-0.3, -0.25) is 0 Å². The summed E-state index contributed by atoms with van der Waals surface area (Å²) in [6, 6.07) is 11.1. The molecule has 0 spiro atoms. The van der Waals surface area contributed by atoms with Crippen molar-refractivity contribution in [2.75, 3.05) is 40.8 Å². The molecule has 1 aromatic rings. The van der Waals surface area contributed by atoms with Crippen LogP contribution >= 0.6 is 0 Å². The highest BCUT2D eigenvalue weighted by Crippen LogP contribution is 2.35. The van der Waals surface area contributed by atoms with Gasteiger partial charge in [0, 0.05) is 12.0 Å². The quantitative estimate of drug-likeness (QED) is 0.825. The Labute approximate surface area is 119 Å². The van der Waals surface area contributed by atoms with E-state index in [0.717, 1.165) is 6.54 Å². The molecular weight excluding hydrogens is 232 g/mol. The molecule has 2 heteroatoms. The van der Waals surface area contributed by atoms with Crippen LogP contribution in [0.5, 0.6) is 0 Å². The first-order valence-corrected chi connectivity index (χ1v) is 7.51. The van der Waals surface area contributed by atoms with Crippen LogP contribution in [-0.4, -0.2) is 50.6 Å². The van der Waals surface area contributed by atoms with Gasteiger partial charge in [0.1, 0.15) is 0 Å². The lowest BCUT2D eigenvalue weighted by atomic mass is 9.72. The summed E-state index contributed by atoms with van der Waals surface area (Å²) in [5.41, 5.74) is 1.87. The smallest absolute Gasteiger partial charge is 0.0104 e. The lowest BCUT2D eigenvalue weighted by Crippen LogP contribution is -2.46.